The van der Waals surface area contributed by atoms with Crippen molar-refractivity contribution in [3.05, 3.63) is 179 Å². The van der Waals surface area contributed by atoms with Crippen LogP contribution in [0.2, 0.25) is 0 Å². The van der Waals surface area contributed by atoms with Crippen molar-refractivity contribution < 1.29 is 41.2 Å². The molecule has 6 aromatic carbocycles. The fourth-order valence-electron chi connectivity index (χ4n) is 7.00. The Morgan fingerprint density at radius 1 is 0.441 bits per heavy atom. The molecule has 0 aliphatic carbocycles. The maximum Gasteiger partial charge on any atom is 0.165 e. The molecule has 2 atom stereocenters. The van der Waals surface area contributed by atoms with Gasteiger partial charge in [-0.2, -0.15) is 0 Å². The first-order valence-corrected chi connectivity index (χ1v) is 19.9. The average molecular weight is 807 g/mol. The number of hydrogen-bond acceptors (Lipinski definition) is 5. The lowest BCUT2D eigenvalue weighted by Gasteiger charge is -2.35. The van der Waals surface area contributed by atoms with E-state index >= 15 is 0 Å². The fourth-order valence-corrected chi connectivity index (χ4v) is 7.00. The van der Waals surface area contributed by atoms with Gasteiger partial charge in [-0.05, 0) is 159 Å². The summed E-state index contributed by atoms with van der Waals surface area (Å²) in [6, 6.07) is 36.7. The highest BCUT2D eigenvalue weighted by Crippen LogP contribution is 2.37. The summed E-state index contributed by atoms with van der Waals surface area (Å²) in [5, 5.41) is 0. The van der Waals surface area contributed by atoms with E-state index in [0.717, 1.165) is 33.8 Å². The summed E-state index contributed by atoms with van der Waals surface area (Å²) < 4.78 is 86.6. The van der Waals surface area contributed by atoms with Crippen LogP contribution in [0.5, 0.6) is 34.5 Å². The van der Waals surface area contributed by atoms with E-state index in [1.54, 1.807) is 24.3 Å². The van der Waals surface area contributed by atoms with Gasteiger partial charge in [0.1, 0.15) is 34.6 Å². The second kappa shape index (κ2) is 19.8. The maximum atomic E-state index is 14.9. The first-order chi connectivity index (χ1) is 28.4. The summed E-state index contributed by atoms with van der Waals surface area (Å²) in [5.41, 5.74) is 2.94. The van der Waals surface area contributed by atoms with Crippen molar-refractivity contribution in [2.24, 2.45) is 0 Å². The van der Waals surface area contributed by atoms with Crippen LogP contribution in [0.3, 0.4) is 0 Å². The Morgan fingerprint density at radius 3 is 1.15 bits per heavy atom. The Hall–Kier alpha value is -5.80. The van der Waals surface area contributed by atoms with Gasteiger partial charge in [0.2, 0.25) is 0 Å². The van der Waals surface area contributed by atoms with Gasteiger partial charge in [0.05, 0.1) is 26.4 Å². The monoisotopic (exact) mass is 806 g/mol. The molecule has 0 aliphatic heterocycles. The van der Waals surface area contributed by atoms with Crippen LogP contribution in [0, 0.1) is 23.3 Å². The van der Waals surface area contributed by atoms with Crippen molar-refractivity contribution in [2.75, 3.05) is 26.4 Å². The summed E-state index contributed by atoms with van der Waals surface area (Å²) in [6.45, 7) is 10.1. The van der Waals surface area contributed by atoms with Crippen molar-refractivity contribution in [3.8, 4) is 34.5 Å². The molecule has 0 saturated heterocycles. The van der Waals surface area contributed by atoms with Gasteiger partial charge in [-0.3, -0.25) is 0 Å². The predicted molar refractivity (Wildman–Crippen MR) is 223 cm³/mol. The average Bonchev–Trinajstić information content (AvgIpc) is 3.24. The largest absolute Gasteiger partial charge is 0.494 e. The van der Waals surface area contributed by atoms with Gasteiger partial charge >= 0.3 is 0 Å². The summed E-state index contributed by atoms with van der Waals surface area (Å²) >= 11 is 0. The van der Waals surface area contributed by atoms with Crippen molar-refractivity contribution in [1.82, 2.24) is 0 Å². The van der Waals surface area contributed by atoms with Gasteiger partial charge < -0.3 is 23.7 Å². The Bertz CT molecular complexity index is 2080. The number of rotatable bonds is 20. The van der Waals surface area contributed by atoms with Gasteiger partial charge in [-0.25, -0.2) is 17.6 Å². The lowest BCUT2D eigenvalue weighted by Crippen LogP contribution is -2.34. The van der Waals surface area contributed by atoms with Crippen LogP contribution in [0.4, 0.5) is 17.6 Å². The minimum absolute atomic E-state index is 0.0644. The highest BCUT2D eigenvalue weighted by atomic mass is 19.1. The van der Waals surface area contributed by atoms with E-state index in [1.807, 2.05) is 38.1 Å². The van der Waals surface area contributed by atoms with Gasteiger partial charge in [0.25, 0.3) is 0 Å². The SMILES string of the molecule is CCOc1ccc(C(C)(CCc2ccc(F)c(Oc3ccc(F)cc3)c2)COCC(C)(CCc2ccc(F)c(Oc3ccc(F)cc3)c2)c2ccc(OCC)cc2)cc1. The Kier molecular flexibility index (Phi) is 14.3. The molecule has 0 aromatic heterocycles. The molecule has 0 saturated carbocycles. The molecule has 6 rings (SSSR count). The third kappa shape index (κ3) is 11.7. The molecule has 0 radical (unpaired) electrons. The molecule has 0 fully saturated rings. The normalized spacial score (nSPS) is 13.3. The second-order valence-corrected chi connectivity index (χ2v) is 15.2. The predicted octanol–water partition coefficient (Wildman–Crippen LogP) is 13.1. The van der Waals surface area contributed by atoms with Crippen LogP contribution in [0.15, 0.2) is 133 Å². The van der Waals surface area contributed by atoms with Crippen molar-refractivity contribution >= 4 is 0 Å². The fraction of sp³-hybridized carbons (Fsp3) is 0.280. The van der Waals surface area contributed by atoms with E-state index in [2.05, 4.69) is 38.1 Å². The third-order valence-corrected chi connectivity index (χ3v) is 10.6. The molecule has 0 heterocycles. The van der Waals surface area contributed by atoms with Crippen LogP contribution in [0.25, 0.3) is 0 Å². The van der Waals surface area contributed by atoms with Crippen molar-refractivity contribution in [3.63, 3.8) is 0 Å². The Balaban J connectivity index is 1.22. The van der Waals surface area contributed by atoms with Crippen LogP contribution in [-0.2, 0) is 28.4 Å². The number of aryl methyl sites for hydroxylation is 2. The zero-order chi connectivity index (χ0) is 41.8. The quantitative estimate of drug-likeness (QED) is 0.0719. The molecule has 2 unspecified atom stereocenters. The van der Waals surface area contributed by atoms with E-state index < -0.39 is 34.1 Å². The van der Waals surface area contributed by atoms with Crippen molar-refractivity contribution in [2.45, 2.75) is 64.2 Å². The molecule has 9 heteroatoms. The summed E-state index contributed by atoms with van der Waals surface area (Å²) in [7, 11) is 0. The zero-order valence-corrected chi connectivity index (χ0v) is 33.9. The van der Waals surface area contributed by atoms with Gasteiger partial charge in [0, 0.05) is 10.8 Å². The Morgan fingerprint density at radius 2 is 0.797 bits per heavy atom. The van der Waals surface area contributed by atoms with E-state index in [0.29, 0.717) is 63.6 Å². The van der Waals surface area contributed by atoms with Gasteiger partial charge in [-0.15, -0.1) is 0 Å². The molecule has 0 bridgehead atoms. The lowest BCUT2D eigenvalue weighted by molar-refractivity contribution is 0.0484. The second-order valence-electron chi connectivity index (χ2n) is 15.2. The number of hydrogen-bond donors (Lipinski definition) is 0. The minimum atomic E-state index is -0.512. The summed E-state index contributed by atoms with van der Waals surface area (Å²) in [5.74, 6) is 0.517. The summed E-state index contributed by atoms with van der Waals surface area (Å²) in [6.07, 6.45) is 2.51. The summed E-state index contributed by atoms with van der Waals surface area (Å²) in [4.78, 5) is 0. The molecule has 6 aromatic rings. The molecule has 0 aliphatic rings. The molecule has 5 nitrogen and oxygen atoms in total. The van der Waals surface area contributed by atoms with E-state index in [1.165, 1.54) is 60.7 Å². The molecule has 0 spiro atoms. The standard InChI is InChI=1S/C50H50F4O5/c1-5-56-41-17-9-37(10-18-41)49(3,29-27-35-7-25-45(53)47(31-35)58-43-21-13-39(51)14-22-43)33-55-34-50(4,38-11-19-42(20-12-38)57-6-2)30-28-36-8-26-46(54)48(32-36)59-44-23-15-40(52)16-24-44/h7-26,31-32H,5-6,27-30,33-34H2,1-4H3. The Labute approximate surface area is 344 Å². The van der Waals surface area contributed by atoms with E-state index in [4.69, 9.17) is 23.7 Å². The minimum Gasteiger partial charge on any atom is -0.494 e. The van der Waals surface area contributed by atoms with Crippen molar-refractivity contribution in [1.29, 1.82) is 0 Å². The van der Waals surface area contributed by atoms with Crippen LogP contribution >= 0.6 is 0 Å². The number of benzene rings is 6. The van der Waals surface area contributed by atoms with Crippen LogP contribution in [-0.4, -0.2) is 26.4 Å². The smallest absolute Gasteiger partial charge is 0.165 e. The molecule has 59 heavy (non-hydrogen) atoms. The molecule has 0 N–H and O–H groups in total. The van der Waals surface area contributed by atoms with Gasteiger partial charge in [0.15, 0.2) is 23.1 Å². The molecule has 0 amide bonds. The molecular weight excluding hydrogens is 757 g/mol. The number of halogens is 4. The highest BCUT2D eigenvalue weighted by molar-refractivity contribution is 5.39. The molecular formula is C50H50F4O5. The highest BCUT2D eigenvalue weighted by Gasteiger charge is 2.32. The first kappa shape index (κ1) is 42.8. The van der Waals surface area contributed by atoms with E-state index in [9.17, 15) is 17.6 Å². The van der Waals surface area contributed by atoms with Crippen LogP contribution in [0.1, 0.15) is 62.8 Å². The maximum absolute atomic E-state index is 14.9. The van der Waals surface area contributed by atoms with E-state index in [-0.39, 0.29) is 11.5 Å². The zero-order valence-electron chi connectivity index (χ0n) is 33.9. The lowest BCUT2D eigenvalue weighted by atomic mass is 9.77. The third-order valence-electron chi connectivity index (χ3n) is 10.6. The first-order valence-electron chi connectivity index (χ1n) is 19.9. The van der Waals surface area contributed by atoms with Gasteiger partial charge in [-0.1, -0.05) is 50.2 Å². The topological polar surface area (TPSA) is 46.2 Å². The molecule has 308 valence electrons. The number of ether oxygens (including phenoxy) is 5. The van der Waals surface area contributed by atoms with Crippen LogP contribution < -0.4 is 18.9 Å².